The second-order valence-electron chi connectivity index (χ2n) is 4.92. The van der Waals surface area contributed by atoms with Crippen molar-refractivity contribution in [2.45, 2.75) is 13.0 Å². The first-order valence-electron chi connectivity index (χ1n) is 7.09. The Morgan fingerprint density at radius 3 is 2.86 bits per heavy atom. The number of ether oxygens (including phenoxy) is 1. The third-order valence-corrected chi connectivity index (χ3v) is 4.19. The minimum absolute atomic E-state index is 0.159. The number of morpholine rings is 1. The van der Waals surface area contributed by atoms with Crippen molar-refractivity contribution in [2.24, 2.45) is 0 Å². The summed E-state index contributed by atoms with van der Waals surface area (Å²) in [4.78, 5) is 26.6. The molecule has 0 saturated carbocycles. The molecule has 0 bridgehead atoms. The first kappa shape index (κ1) is 15.9. The molecule has 116 valence electrons. The SMILES string of the molecule is CC(NC(=O)c1cccs1)C(=O)NCCN1CCOCC1. The smallest absolute Gasteiger partial charge is 0.261 e. The van der Waals surface area contributed by atoms with E-state index >= 15 is 0 Å². The highest BCUT2D eigenvalue weighted by Gasteiger charge is 2.17. The van der Waals surface area contributed by atoms with Crippen LogP contribution in [0, 0.1) is 0 Å². The van der Waals surface area contributed by atoms with Gasteiger partial charge in [-0.25, -0.2) is 0 Å². The Kier molecular flexibility index (Phi) is 6.16. The molecular weight excluding hydrogens is 290 g/mol. The van der Waals surface area contributed by atoms with Gasteiger partial charge in [0.05, 0.1) is 18.1 Å². The van der Waals surface area contributed by atoms with Crippen LogP contribution in [0.15, 0.2) is 17.5 Å². The molecule has 1 aliphatic rings. The Labute approximate surface area is 128 Å². The number of hydrogen-bond acceptors (Lipinski definition) is 5. The van der Waals surface area contributed by atoms with Gasteiger partial charge < -0.3 is 15.4 Å². The lowest BCUT2D eigenvalue weighted by Crippen LogP contribution is -2.47. The molecule has 1 unspecified atom stereocenters. The van der Waals surface area contributed by atoms with E-state index in [1.807, 2.05) is 11.4 Å². The summed E-state index contributed by atoms with van der Waals surface area (Å²) in [5.41, 5.74) is 0. The maximum atomic E-state index is 11.9. The molecule has 2 N–H and O–H groups in total. The van der Waals surface area contributed by atoms with Crippen molar-refractivity contribution in [1.29, 1.82) is 0 Å². The van der Waals surface area contributed by atoms with Gasteiger partial charge in [0.2, 0.25) is 5.91 Å². The number of nitrogens with zero attached hydrogens (tertiary/aromatic N) is 1. The van der Waals surface area contributed by atoms with Crippen LogP contribution in [0.5, 0.6) is 0 Å². The summed E-state index contributed by atoms with van der Waals surface area (Å²) >= 11 is 1.36. The lowest BCUT2D eigenvalue weighted by atomic mass is 10.3. The molecule has 2 rings (SSSR count). The van der Waals surface area contributed by atoms with Crippen molar-refractivity contribution in [3.05, 3.63) is 22.4 Å². The van der Waals surface area contributed by atoms with Gasteiger partial charge >= 0.3 is 0 Å². The Morgan fingerprint density at radius 2 is 2.19 bits per heavy atom. The van der Waals surface area contributed by atoms with Gasteiger partial charge in [0, 0.05) is 26.2 Å². The van der Waals surface area contributed by atoms with Gasteiger partial charge in [-0.2, -0.15) is 0 Å². The number of nitrogens with one attached hydrogen (secondary N) is 2. The molecule has 1 atom stereocenters. The van der Waals surface area contributed by atoms with E-state index in [0.717, 1.165) is 32.8 Å². The first-order valence-corrected chi connectivity index (χ1v) is 7.97. The summed E-state index contributed by atoms with van der Waals surface area (Å²) in [6.07, 6.45) is 0. The monoisotopic (exact) mass is 311 g/mol. The molecule has 7 heteroatoms. The molecule has 0 radical (unpaired) electrons. The Morgan fingerprint density at radius 1 is 1.43 bits per heavy atom. The maximum Gasteiger partial charge on any atom is 0.261 e. The summed E-state index contributed by atoms with van der Waals surface area (Å²) in [5, 5.41) is 7.38. The van der Waals surface area contributed by atoms with E-state index in [2.05, 4.69) is 15.5 Å². The number of hydrogen-bond donors (Lipinski definition) is 2. The van der Waals surface area contributed by atoms with E-state index < -0.39 is 6.04 Å². The summed E-state index contributed by atoms with van der Waals surface area (Å²) in [5.74, 6) is -0.367. The summed E-state index contributed by atoms with van der Waals surface area (Å²) in [7, 11) is 0. The molecule has 6 nitrogen and oxygen atoms in total. The largest absolute Gasteiger partial charge is 0.379 e. The van der Waals surface area contributed by atoms with Crippen LogP contribution >= 0.6 is 11.3 Å². The van der Waals surface area contributed by atoms with Crippen LogP contribution in [0.25, 0.3) is 0 Å². The predicted molar refractivity (Wildman–Crippen MR) is 81.5 cm³/mol. The fourth-order valence-corrected chi connectivity index (χ4v) is 2.68. The van der Waals surface area contributed by atoms with Gasteiger partial charge in [-0.1, -0.05) is 6.07 Å². The minimum atomic E-state index is -0.538. The third kappa shape index (κ3) is 5.11. The Balaban J connectivity index is 1.66. The minimum Gasteiger partial charge on any atom is -0.379 e. The zero-order valence-electron chi connectivity index (χ0n) is 12.1. The molecule has 1 aromatic rings. The summed E-state index contributed by atoms with van der Waals surface area (Å²) in [6, 6.07) is 3.01. The molecule has 2 amide bonds. The third-order valence-electron chi connectivity index (χ3n) is 3.32. The van der Waals surface area contributed by atoms with Crippen molar-refractivity contribution in [2.75, 3.05) is 39.4 Å². The van der Waals surface area contributed by atoms with Gasteiger partial charge in [-0.15, -0.1) is 11.3 Å². The van der Waals surface area contributed by atoms with Crippen LogP contribution in [0.1, 0.15) is 16.6 Å². The molecular formula is C14H21N3O3S. The summed E-state index contributed by atoms with van der Waals surface area (Å²) in [6.45, 7) is 6.39. The normalized spacial score (nSPS) is 17.2. The molecule has 2 heterocycles. The molecule has 1 aliphatic heterocycles. The van der Waals surface area contributed by atoms with Gasteiger partial charge in [0.25, 0.3) is 5.91 Å². The van der Waals surface area contributed by atoms with Crippen LogP contribution in [-0.4, -0.2) is 62.1 Å². The lowest BCUT2D eigenvalue weighted by Gasteiger charge is -2.26. The van der Waals surface area contributed by atoms with Crippen LogP contribution < -0.4 is 10.6 Å². The maximum absolute atomic E-state index is 11.9. The zero-order valence-corrected chi connectivity index (χ0v) is 12.9. The highest BCUT2D eigenvalue weighted by molar-refractivity contribution is 7.12. The second kappa shape index (κ2) is 8.11. The second-order valence-corrected chi connectivity index (χ2v) is 5.87. The fourth-order valence-electron chi connectivity index (χ4n) is 2.06. The molecule has 21 heavy (non-hydrogen) atoms. The van der Waals surface area contributed by atoms with E-state index in [0.29, 0.717) is 11.4 Å². The zero-order chi connectivity index (χ0) is 15.1. The Bertz CT molecular complexity index is 458. The highest BCUT2D eigenvalue weighted by Crippen LogP contribution is 2.08. The van der Waals surface area contributed by atoms with Gasteiger partial charge in [-0.3, -0.25) is 14.5 Å². The van der Waals surface area contributed by atoms with Crippen molar-refractivity contribution in [3.63, 3.8) is 0 Å². The van der Waals surface area contributed by atoms with Crippen molar-refractivity contribution < 1.29 is 14.3 Å². The highest BCUT2D eigenvalue weighted by atomic mass is 32.1. The molecule has 0 spiro atoms. The van der Waals surface area contributed by atoms with E-state index in [-0.39, 0.29) is 11.8 Å². The molecule has 0 aromatic carbocycles. The average molecular weight is 311 g/mol. The fraction of sp³-hybridized carbons (Fsp3) is 0.571. The lowest BCUT2D eigenvalue weighted by molar-refractivity contribution is -0.122. The topological polar surface area (TPSA) is 70.7 Å². The molecule has 1 fully saturated rings. The summed E-state index contributed by atoms with van der Waals surface area (Å²) < 4.78 is 5.27. The van der Waals surface area contributed by atoms with Crippen LogP contribution in [0.2, 0.25) is 0 Å². The molecule has 0 aliphatic carbocycles. The number of rotatable bonds is 6. The Hall–Kier alpha value is -1.44. The molecule has 1 aromatic heterocycles. The van der Waals surface area contributed by atoms with Gasteiger partial charge in [0.15, 0.2) is 0 Å². The first-order chi connectivity index (χ1) is 10.2. The average Bonchev–Trinajstić information content (AvgIpc) is 3.02. The van der Waals surface area contributed by atoms with E-state index in [1.54, 1.807) is 13.0 Å². The van der Waals surface area contributed by atoms with Gasteiger partial charge in [-0.05, 0) is 18.4 Å². The van der Waals surface area contributed by atoms with E-state index in [4.69, 9.17) is 4.74 Å². The van der Waals surface area contributed by atoms with Crippen molar-refractivity contribution in [1.82, 2.24) is 15.5 Å². The number of amides is 2. The molecule has 1 saturated heterocycles. The van der Waals surface area contributed by atoms with Crippen molar-refractivity contribution >= 4 is 23.2 Å². The van der Waals surface area contributed by atoms with Crippen LogP contribution in [-0.2, 0) is 9.53 Å². The number of carbonyl (C=O) groups excluding carboxylic acids is 2. The van der Waals surface area contributed by atoms with Gasteiger partial charge in [0.1, 0.15) is 6.04 Å². The standard InChI is InChI=1S/C14H21N3O3S/c1-11(16-14(19)12-3-2-10-21-12)13(18)15-4-5-17-6-8-20-9-7-17/h2-3,10-11H,4-9H2,1H3,(H,15,18)(H,16,19). The van der Waals surface area contributed by atoms with E-state index in [1.165, 1.54) is 11.3 Å². The van der Waals surface area contributed by atoms with Crippen molar-refractivity contribution in [3.8, 4) is 0 Å². The number of thiophene rings is 1. The van der Waals surface area contributed by atoms with Crippen LogP contribution in [0.4, 0.5) is 0 Å². The predicted octanol–water partition coefficient (Wildman–Crippen LogP) is 0.315. The quantitative estimate of drug-likeness (QED) is 0.793. The van der Waals surface area contributed by atoms with E-state index in [9.17, 15) is 9.59 Å². The van der Waals surface area contributed by atoms with Crippen LogP contribution in [0.3, 0.4) is 0 Å². The number of carbonyl (C=O) groups is 2.